The molecule has 0 fully saturated rings. The van der Waals surface area contributed by atoms with Gasteiger partial charge >= 0.3 is 12.1 Å². The fourth-order valence-corrected chi connectivity index (χ4v) is 4.39. The molecule has 0 radical (unpaired) electrons. The van der Waals surface area contributed by atoms with Crippen LogP contribution in [0.4, 0.5) is 24.0 Å². The molecule has 2 heterocycles. The molecule has 0 spiro atoms. The van der Waals surface area contributed by atoms with Crippen molar-refractivity contribution in [3.05, 3.63) is 46.6 Å². The van der Waals surface area contributed by atoms with Crippen LogP contribution in [-0.2, 0) is 11.0 Å². The lowest BCUT2D eigenvalue weighted by molar-refractivity contribution is -0.136. The number of anilines is 2. The number of benzene rings is 2. The SMILES string of the molecule is CC(C)(Nc1ccc(Cl)c(C(=O)O)c1)C(=O)Nc1nc2c(C(F)(F)F)cc3[nH]ncc3c2s1. The number of carbonyl (C=O) groups excluding carboxylic acids is 1. The Morgan fingerprint density at radius 1 is 1.21 bits per heavy atom. The van der Waals surface area contributed by atoms with Gasteiger partial charge in [0, 0.05) is 11.1 Å². The number of carbonyl (C=O) groups is 2. The monoisotopic (exact) mass is 497 g/mol. The van der Waals surface area contributed by atoms with Gasteiger partial charge < -0.3 is 10.4 Å². The molecule has 0 aliphatic rings. The zero-order valence-electron chi connectivity index (χ0n) is 17.0. The highest BCUT2D eigenvalue weighted by Crippen LogP contribution is 2.41. The van der Waals surface area contributed by atoms with E-state index in [1.807, 2.05) is 0 Å². The summed E-state index contributed by atoms with van der Waals surface area (Å²) in [5.74, 6) is -1.82. The van der Waals surface area contributed by atoms with Crippen molar-refractivity contribution in [3.63, 3.8) is 0 Å². The number of fused-ring (bicyclic) bond motifs is 3. The van der Waals surface area contributed by atoms with Crippen molar-refractivity contribution >= 4 is 66.8 Å². The van der Waals surface area contributed by atoms with Gasteiger partial charge in [-0.2, -0.15) is 18.3 Å². The van der Waals surface area contributed by atoms with Gasteiger partial charge in [0.25, 0.3) is 5.91 Å². The third-order valence-corrected chi connectivity index (χ3v) is 6.17. The van der Waals surface area contributed by atoms with Gasteiger partial charge in [0.2, 0.25) is 0 Å². The second kappa shape index (κ2) is 7.89. The van der Waals surface area contributed by atoms with Crippen LogP contribution in [0.5, 0.6) is 0 Å². The lowest BCUT2D eigenvalue weighted by Crippen LogP contribution is -2.44. The number of nitrogens with one attached hydrogen (secondary N) is 3. The first-order chi connectivity index (χ1) is 15.4. The maximum Gasteiger partial charge on any atom is 0.418 e. The van der Waals surface area contributed by atoms with Crippen molar-refractivity contribution in [2.45, 2.75) is 25.6 Å². The lowest BCUT2D eigenvalue weighted by Gasteiger charge is -2.26. The first-order valence-electron chi connectivity index (χ1n) is 9.33. The standard InChI is InChI=1S/C20H15ClF3N5O3S/c1-19(2,28-8-3-4-12(21)9(5-8)16(30)31)17(32)27-18-26-14-11(20(22,23)24)6-13-10(7-25-29-13)15(14)33-18/h3-7,28H,1-2H3,(H,25,29)(H,30,31)(H,26,27,32). The molecule has 0 bridgehead atoms. The first-order valence-corrected chi connectivity index (χ1v) is 10.5. The fraction of sp³-hybridized carbons (Fsp3) is 0.200. The zero-order chi connectivity index (χ0) is 24.1. The van der Waals surface area contributed by atoms with E-state index >= 15 is 0 Å². The molecular weight excluding hydrogens is 483 g/mol. The molecule has 4 N–H and O–H groups in total. The summed E-state index contributed by atoms with van der Waals surface area (Å²) in [7, 11) is 0. The summed E-state index contributed by atoms with van der Waals surface area (Å²) in [6, 6.07) is 5.10. The molecule has 0 atom stereocenters. The molecule has 8 nitrogen and oxygen atoms in total. The molecule has 0 aliphatic carbocycles. The average molecular weight is 498 g/mol. The summed E-state index contributed by atoms with van der Waals surface area (Å²) in [6.45, 7) is 3.06. The van der Waals surface area contributed by atoms with Crippen LogP contribution in [0.3, 0.4) is 0 Å². The minimum atomic E-state index is -4.65. The van der Waals surface area contributed by atoms with Crippen LogP contribution < -0.4 is 10.6 Å². The van der Waals surface area contributed by atoms with Gasteiger partial charge in [-0.3, -0.25) is 15.2 Å². The van der Waals surface area contributed by atoms with E-state index in [9.17, 15) is 27.9 Å². The van der Waals surface area contributed by atoms with E-state index in [1.165, 1.54) is 38.2 Å². The Labute approximate surface area is 192 Å². The van der Waals surface area contributed by atoms with Gasteiger partial charge in [-0.25, -0.2) is 9.78 Å². The van der Waals surface area contributed by atoms with Crippen LogP contribution in [-0.4, -0.2) is 37.7 Å². The predicted octanol–water partition coefficient (Wildman–Crippen LogP) is 5.37. The van der Waals surface area contributed by atoms with Crippen molar-refractivity contribution in [3.8, 4) is 0 Å². The van der Waals surface area contributed by atoms with Crippen LogP contribution in [0.1, 0.15) is 29.8 Å². The number of aromatic amines is 1. The molecule has 0 unspecified atom stereocenters. The number of amides is 1. The maximum absolute atomic E-state index is 13.6. The van der Waals surface area contributed by atoms with Gasteiger partial charge in [0.15, 0.2) is 5.13 Å². The van der Waals surface area contributed by atoms with E-state index in [1.54, 1.807) is 0 Å². The van der Waals surface area contributed by atoms with Crippen LogP contribution in [0.25, 0.3) is 21.1 Å². The Kier molecular flexibility index (Phi) is 5.45. The topological polar surface area (TPSA) is 120 Å². The number of aromatic carboxylic acids is 1. The molecule has 1 amide bonds. The van der Waals surface area contributed by atoms with Crippen LogP contribution in [0.2, 0.25) is 5.02 Å². The summed E-state index contributed by atoms with van der Waals surface area (Å²) in [6.07, 6.45) is -3.25. The molecular formula is C20H15ClF3N5O3S. The van der Waals surface area contributed by atoms with Crippen LogP contribution in [0, 0.1) is 0 Å². The van der Waals surface area contributed by atoms with E-state index in [2.05, 4.69) is 25.8 Å². The van der Waals surface area contributed by atoms with E-state index in [0.717, 1.165) is 17.4 Å². The Hall–Kier alpha value is -3.38. The third kappa shape index (κ3) is 4.31. The molecule has 0 aliphatic heterocycles. The Bertz CT molecular complexity index is 1410. The quantitative estimate of drug-likeness (QED) is 0.294. The summed E-state index contributed by atoms with van der Waals surface area (Å²) in [5.41, 5.74) is -2.12. The number of carboxylic acid groups (broad SMARTS) is 1. The van der Waals surface area contributed by atoms with Gasteiger partial charge in [0.05, 0.1) is 38.1 Å². The van der Waals surface area contributed by atoms with Crippen molar-refractivity contribution in [2.24, 2.45) is 0 Å². The summed E-state index contributed by atoms with van der Waals surface area (Å²) in [4.78, 5) is 28.2. The number of H-pyrrole nitrogens is 1. The number of rotatable bonds is 5. The number of aromatic nitrogens is 3. The molecule has 0 saturated carbocycles. The Balaban J connectivity index is 1.64. The van der Waals surface area contributed by atoms with Gasteiger partial charge in [-0.05, 0) is 38.1 Å². The third-order valence-electron chi connectivity index (χ3n) is 4.83. The largest absolute Gasteiger partial charge is 0.478 e. The molecule has 4 aromatic rings. The Morgan fingerprint density at radius 3 is 2.61 bits per heavy atom. The second-order valence-electron chi connectivity index (χ2n) is 7.65. The molecule has 172 valence electrons. The molecule has 2 aromatic carbocycles. The van der Waals surface area contributed by atoms with Crippen molar-refractivity contribution in [1.82, 2.24) is 15.2 Å². The fourth-order valence-electron chi connectivity index (χ4n) is 3.19. The molecule has 0 saturated heterocycles. The minimum Gasteiger partial charge on any atom is -0.478 e. The number of nitrogens with zero attached hydrogens (tertiary/aromatic N) is 2. The zero-order valence-corrected chi connectivity index (χ0v) is 18.5. The van der Waals surface area contributed by atoms with E-state index in [0.29, 0.717) is 11.1 Å². The summed E-state index contributed by atoms with van der Waals surface area (Å²) in [5, 5.41) is 21.4. The van der Waals surface area contributed by atoms with Crippen molar-refractivity contribution in [2.75, 3.05) is 10.6 Å². The highest BCUT2D eigenvalue weighted by molar-refractivity contribution is 7.23. The van der Waals surface area contributed by atoms with E-state index in [4.69, 9.17) is 11.6 Å². The Morgan fingerprint density at radius 2 is 1.94 bits per heavy atom. The second-order valence-corrected chi connectivity index (χ2v) is 9.06. The molecule has 33 heavy (non-hydrogen) atoms. The molecule has 13 heteroatoms. The normalized spacial score (nSPS) is 12.3. The molecule has 2 aromatic heterocycles. The minimum absolute atomic E-state index is 0.0218. The lowest BCUT2D eigenvalue weighted by atomic mass is 10.0. The number of thiazole rings is 1. The smallest absolute Gasteiger partial charge is 0.418 e. The first kappa shape index (κ1) is 22.8. The maximum atomic E-state index is 13.6. The highest BCUT2D eigenvalue weighted by Gasteiger charge is 2.36. The van der Waals surface area contributed by atoms with Crippen LogP contribution in [0.15, 0.2) is 30.5 Å². The number of halogens is 4. The van der Waals surface area contributed by atoms with E-state index in [-0.39, 0.29) is 31.5 Å². The summed E-state index contributed by atoms with van der Waals surface area (Å²) >= 11 is 6.76. The van der Waals surface area contributed by atoms with Crippen molar-refractivity contribution in [1.29, 1.82) is 0 Å². The number of hydrogen-bond donors (Lipinski definition) is 4. The average Bonchev–Trinajstić information content (AvgIpc) is 3.33. The number of hydrogen-bond acceptors (Lipinski definition) is 6. The van der Waals surface area contributed by atoms with E-state index < -0.39 is 29.2 Å². The summed E-state index contributed by atoms with van der Waals surface area (Å²) < 4.78 is 40.9. The van der Waals surface area contributed by atoms with Gasteiger partial charge in [-0.15, -0.1) is 0 Å². The van der Waals surface area contributed by atoms with Gasteiger partial charge in [0.1, 0.15) is 5.54 Å². The predicted molar refractivity (Wildman–Crippen MR) is 119 cm³/mol. The number of alkyl halides is 3. The van der Waals surface area contributed by atoms with Crippen LogP contribution >= 0.6 is 22.9 Å². The highest BCUT2D eigenvalue weighted by atomic mass is 35.5. The number of carboxylic acids is 1. The van der Waals surface area contributed by atoms with Gasteiger partial charge in [-0.1, -0.05) is 22.9 Å². The van der Waals surface area contributed by atoms with Crippen molar-refractivity contribution < 1.29 is 27.9 Å². The molecule has 4 rings (SSSR count).